The molecule has 0 radical (unpaired) electrons. The fourth-order valence-electron chi connectivity index (χ4n) is 3.41. The smallest absolute Gasteiger partial charge is 0.407 e. The van der Waals surface area contributed by atoms with E-state index >= 15 is 0 Å². The quantitative estimate of drug-likeness (QED) is 0.592. The Morgan fingerprint density at radius 2 is 1.52 bits per heavy atom. The molecule has 0 aliphatic heterocycles. The molecule has 1 aliphatic rings. The number of aliphatic carboxylic acids is 1. The molecule has 2 aromatic carbocycles. The number of carboxylic acids is 1. The zero-order valence-electron chi connectivity index (χ0n) is 15.1. The molecule has 0 atom stereocenters. The molecular weight excluding hydrogens is 344 g/mol. The molecule has 142 valence electrons. The Kier molecular flexibility index (Phi) is 6.44. The third kappa shape index (κ3) is 4.86. The normalized spacial score (nSPS) is 12.3. The van der Waals surface area contributed by atoms with Crippen molar-refractivity contribution in [2.45, 2.75) is 18.8 Å². The summed E-state index contributed by atoms with van der Waals surface area (Å²) in [7, 11) is 0. The highest BCUT2D eigenvalue weighted by Crippen LogP contribution is 2.44. The summed E-state index contributed by atoms with van der Waals surface area (Å²) >= 11 is 0. The summed E-state index contributed by atoms with van der Waals surface area (Å²) < 4.78 is 5.46. The van der Waals surface area contributed by atoms with Crippen molar-refractivity contribution in [3.8, 4) is 11.1 Å². The van der Waals surface area contributed by atoms with Crippen LogP contribution in [0.5, 0.6) is 0 Å². The largest absolute Gasteiger partial charge is 0.480 e. The van der Waals surface area contributed by atoms with E-state index in [1.165, 1.54) is 22.3 Å². The topological polar surface area (TPSA) is 87.7 Å². The van der Waals surface area contributed by atoms with Crippen molar-refractivity contribution in [2.75, 3.05) is 26.2 Å². The molecule has 0 fully saturated rings. The number of amides is 1. The van der Waals surface area contributed by atoms with Gasteiger partial charge in [0.1, 0.15) is 6.61 Å². The minimum absolute atomic E-state index is 0.0419. The first kappa shape index (κ1) is 18.9. The van der Waals surface area contributed by atoms with Gasteiger partial charge in [-0.05, 0) is 41.6 Å². The van der Waals surface area contributed by atoms with Gasteiger partial charge >= 0.3 is 12.1 Å². The Balaban J connectivity index is 1.44. The summed E-state index contributed by atoms with van der Waals surface area (Å²) in [5, 5.41) is 14.1. The van der Waals surface area contributed by atoms with E-state index in [0.29, 0.717) is 19.7 Å². The van der Waals surface area contributed by atoms with Crippen LogP contribution in [0.4, 0.5) is 4.79 Å². The first-order valence-electron chi connectivity index (χ1n) is 9.18. The van der Waals surface area contributed by atoms with Crippen molar-refractivity contribution < 1.29 is 19.4 Å². The van der Waals surface area contributed by atoms with Gasteiger partial charge in [-0.2, -0.15) is 0 Å². The summed E-state index contributed by atoms with van der Waals surface area (Å²) in [5.74, 6) is -0.810. The lowest BCUT2D eigenvalue weighted by molar-refractivity contribution is -0.135. The predicted molar refractivity (Wildman–Crippen MR) is 103 cm³/mol. The number of rotatable bonds is 9. The van der Waals surface area contributed by atoms with Crippen LogP contribution in [0.25, 0.3) is 11.1 Å². The van der Waals surface area contributed by atoms with Crippen LogP contribution in [-0.4, -0.2) is 43.4 Å². The molecular formula is C21H24N2O4. The van der Waals surface area contributed by atoms with Crippen LogP contribution in [0, 0.1) is 0 Å². The Bertz CT molecular complexity index is 761. The molecule has 0 saturated heterocycles. The third-order valence-corrected chi connectivity index (χ3v) is 4.67. The highest BCUT2D eigenvalue weighted by Gasteiger charge is 2.28. The number of hydrogen-bond acceptors (Lipinski definition) is 4. The Hall–Kier alpha value is -2.86. The standard InChI is InChI=1S/C21H24N2O4/c24-20(25)13-22-11-5-6-12-23-21(26)27-14-19-17-9-3-1-7-15(17)16-8-2-4-10-18(16)19/h1-4,7-10,19,22H,5-6,11-14H2,(H,23,26)(H,24,25). The summed E-state index contributed by atoms with van der Waals surface area (Å²) in [6.45, 7) is 1.38. The fourth-order valence-corrected chi connectivity index (χ4v) is 3.41. The summed E-state index contributed by atoms with van der Waals surface area (Å²) in [4.78, 5) is 22.4. The number of fused-ring (bicyclic) bond motifs is 3. The number of carbonyl (C=O) groups is 2. The van der Waals surface area contributed by atoms with Crippen LogP contribution in [0.3, 0.4) is 0 Å². The number of benzene rings is 2. The van der Waals surface area contributed by atoms with Gasteiger partial charge in [0, 0.05) is 12.5 Å². The van der Waals surface area contributed by atoms with Crippen LogP contribution in [-0.2, 0) is 9.53 Å². The molecule has 0 aromatic heterocycles. The minimum Gasteiger partial charge on any atom is -0.480 e. The third-order valence-electron chi connectivity index (χ3n) is 4.67. The molecule has 0 bridgehead atoms. The molecule has 0 heterocycles. The minimum atomic E-state index is -0.869. The molecule has 27 heavy (non-hydrogen) atoms. The number of carboxylic acid groups (broad SMARTS) is 1. The number of hydrogen-bond donors (Lipinski definition) is 3. The monoisotopic (exact) mass is 368 g/mol. The van der Waals surface area contributed by atoms with Crippen LogP contribution < -0.4 is 10.6 Å². The van der Waals surface area contributed by atoms with Crippen LogP contribution in [0.2, 0.25) is 0 Å². The van der Waals surface area contributed by atoms with E-state index in [4.69, 9.17) is 9.84 Å². The Labute approximate surface area is 158 Å². The predicted octanol–water partition coefficient (Wildman–Crippen LogP) is 2.98. The van der Waals surface area contributed by atoms with Gasteiger partial charge < -0.3 is 20.5 Å². The van der Waals surface area contributed by atoms with Gasteiger partial charge in [-0.3, -0.25) is 4.79 Å². The van der Waals surface area contributed by atoms with Crippen LogP contribution in [0.1, 0.15) is 29.9 Å². The van der Waals surface area contributed by atoms with E-state index in [9.17, 15) is 9.59 Å². The van der Waals surface area contributed by atoms with E-state index in [2.05, 4.69) is 34.9 Å². The van der Waals surface area contributed by atoms with Crippen molar-refractivity contribution in [1.29, 1.82) is 0 Å². The highest BCUT2D eigenvalue weighted by atomic mass is 16.5. The first-order valence-corrected chi connectivity index (χ1v) is 9.18. The lowest BCUT2D eigenvalue weighted by Crippen LogP contribution is -2.28. The van der Waals surface area contributed by atoms with E-state index < -0.39 is 12.1 Å². The molecule has 1 amide bonds. The van der Waals surface area contributed by atoms with Crippen molar-refractivity contribution in [3.05, 3.63) is 59.7 Å². The number of unbranched alkanes of at least 4 members (excludes halogenated alkanes) is 1. The van der Waals surface area contributed by atoms with Crippen molar-refractivity contribution >= 4 is 12.1 Å². The molecule has 6 nitrogen and oxygen atoms in total. The van der Waals surface area contributed by atoms with E-state index in [1.54, 1.807) is 0 Å². The van der Waals surface area contributed by atoms with Gasteiger partial charge in [0.05, 0.1) is 6.54 Å². The fraction of sp³-hybridized carbons (Fsp3) is 0.333. The second-order valence-electron chi connectivity index (χ2n) is 6.53. The second-order valence-corrected chi connectivity index (χ2v) is 6.53. The van der Waals surface area contributed by atoms with Gasteiger partial charge in [-0.25, -0.2) is 4.79 Å². The Morgan fingerprint density at radius 1 is 0.926 bits per heavy atom. The SMILES string of the molecule is O=C(O)CNCCCCNC(=O)OCC1c2ccccc2-c2ccccc21. The zero-order valence-corrected chi connectivity index (χ0v) is 15.1. The maximum atomic E-state index is 12.0. The van der Waals surface area contributed by atoms with Crippen LogP contribution >= 0.6 is 0 Å². The van der Waals surface area contributed by atoms with Gasteiger partial charge in [0.2, 0.25) is 0 Å². The number of alkyl carbamates (subject to hydrolysis) is 1. The molecule has 0 spiro atoms. The van der Waals surface area contributed by atoms with Gasteiger partial charge in [-0.15, -0.1) is 0 Å². The van der Waals surface area contributed by atoms with Gasteiger partial charge in [-0.1, -0.05) is 48.5 Å². The van der Waals surface area contributed by atoms with E-state index in [0.717, 1.165) is 12.8 Å². The Morgan fingerprint density at radius 3 is 2.15 bits per heavy atom. The van der Waals surface area contributed by atoms with Crippen molar-refractivity contribution in [3.63, 3.8) is 0 Å². The van der Waals surface area contributed by atoms with Gasteiger partial charge in [0.15, 0.2) is 0 Å². The summed E-state index contributed by atoms with van der Waals surface area (Å²) in [5.41, 5.74) is 4.79. The summed E-state index contributed by atoms with van der Waals surface area (Å²) in [6, 6.07) is 16.5. The lowest BCUT2D eigenvalue weighted by Gasteiger charge is -2.14. The van der Waals surface area contributed by atoms with E-state index in [-0.39, 0.29) is 12.5 Å². The molecule has 2 aromatic rings. The number of carbonyl (C=O) groups excluding carboxylic acids is 1. The second kappa shape index (κ2) is 9.19. The molecule has 1 aliphatic carbocycles. The maximum absolute atomic E-state index is 12.0. The average Bonchev–Trinajstić information content (AvgIpc) is 2.99. The lowest BCUT2D eigenvalue weighted by atomic mass is 9.98. The first-order chi connectivity index (χ1) is 13.2. The van der Waals surface area contributed by atoms with Crippen LogP contribution in [0.15, 0.2) is 48.5 Å². The highest BCUT2D eigenvalue weighted by molar-refractivity contribution is 5.79. The average molecular weight is 368 g/mol. The number of ether oxygens (including phenoxy) is 1. The summed E-state index contributed by atoms with van der Waals surface area (Å²) in [6.07, 6.45) is 1.13. The molecule has 0 unspecified atom stereocenters. The van der Waals surface area contributed by atoms with Crippen molar-refractivity contribution in [1.82, 2.24) is 10.6 Å². The number of nitrogens with one attached hydrogen (secondary N) is 2. The van der Waals surface area contributed by atoms with E-state index in [1.807, 2.05) is 24.3 Å². The molecule has 0 saturated carbocycles. The molecule has 3 rings (SSSR count). The van der Waals surface area contributed by atoms with Crippen molar-refractivity contribution in [2.24, 2.45) is 0 Å². The van der Waals surface area contributed by atoms with Gasteiger partial charge in [0.25, 0.3) is 0 Å². The zero-order chi connectivity index (χ0) is 19.1. The molecule has 6 heteroatoms. The molecule has 3 N–H and O–H groups in total. The maximum Gasteiger partial charge on any atom is 0.407 e.